The molecule has 0 aromatic heterocycles. The Bertz CT molecular complexity index is 690. The fourth-order valence-corrected chi connectivity index (χ4v) is 3.07. The highest BCUT2D eigenvalue weighted by atomic mass is 32.2. The van der Waals surface area contributed by atoms with Gasteiger partial charge in [0, 0.05) is 11.4 Å². The molecule has 0 aliphatic heterocycles. The minimum absolute atomic E-state index is 0.156. The van der Waals surface area contributed by atoms with Crippen LogP contribution in [-0.2, 0) is 0 Å². The number of benzene rings is 1. The van der Waals surface area contributed by atoms with E-state index in [9.17, 15) is 4.39 Å². The zero-order valence-corrected chi connectivity index (χ0v) is 20.7. The maximum atomic E-state index is 13.7. The van der Waals surface area contributed by atoms with E-state index in [-0.39, 0.29) is 5.83 Å². The van der Waals surface area contributed by atoms with Crippen molar-refractivity contribution in [3.05, 3.63) is 89.7 Å². The molecule has 1 aromatic rings. The minimum Gasteiger partial charge on any atom is -0.316 e. The molecular formula is C27H41FN2S. The summed E-state index contributed by atoms with van der Waals surface area (Å²) in [7, 11) is 0. The van der Waals surface area contributed by atoms with Gasteiger partial charge in [-0.1, -0.05) is 88.6 Å². The van der Waals surface area contributed by atoms with Gasteiger partial charge in [-0.3, -0.25) is 0 Å². The number of thioether (sulfide) groups is 1. The maximum Gasteiger partial charge on any atom is 0.132 e. The lowest BCUT2D eigenvalue weighted by Crippen LogP contribution is -2.17. The Morgan fingerprint density at radius 2 is 1.81 bits per heavy atom. The molecule has 0 unspecified atom stereocenters. The van der Waals surface area contributed by atoms with E-state index in [0.717, 1.165) is 36.7 Å². The number of rotatable bonds is 13. The Hall–Kier alpha value is -2.17. The highest BCUT2D eigenvalue weighted by molar-refractivity contribution is 8.03. The lowest BCUT2D eigenvalue weighted by Gasteiger charge is -2.07. The number of nitrogens with zero attached hydrogens (tertiary/aromatic N) is 1. The molecule has 0 saturated carbocycles. The van der Waals surface area contributed by atoms with Gasteiger partial charge in [0.2, 0.25) is 0 Å². The third kappa shape index (κ3) is 18.3. The Kier molecular flexibility index (Phi) is 24.1. The van der Waals surface area contributed by atoms with E-state index in [1.54, 1.807) is 30.0 Å². The second-order valence-electron chi connectivity index (χ2n) is 6.05. The quantitative estimate of drug-likeness (QED) is 0.190. The highest BCUT2D eigenvalue weighted by Crippen LogP contribution is 2.24. The van der Waals surface area contributed by atoms with Crippen LogP contribution in [0.1, 0.15) is 44.7 Å². The van der Waals surface area contributed by atoms with Crippen molar-refractivity contribution in [2.75, 3.05) is 25.4 Å². The summed E-state index contributed by atoms with van der Waals surface area (Å²) < 4.78 is 13.7. The van der Waals surface area contributed by atoms with Crippen molar-refractivity contribution in [3.8, 4) is 0 Å². The standard InChI is InChI=1S/C14H23FN2S.C11H12.C2H6/c1-4-6-8-13(15)14(18-5-2)9-12-17-11-7-10-16-3;1-3-4-8-11-9-6-5-7-10(11)2;1-2/h4,6,8,17H,1,3,5,7,9-12H2,2H3;3-9H,1H2,2H3;1-2H3/b8-6-,14-13-;8-4-;. The molecule has 2 nitrogen and oxygen atoms in total. The van der Waals surface area contributed by atoms with Gasteiger partial charge in [-0.25, -0.2) is 4.39 Å². The van der Waals surface area contributed by atoms with Crippen LogP contribution in [0.4, 0.5) is 4.39 Å². The van der Waals surface area contributed by atoms with Gasteiger partial charge in [-0.15, -0.1) is 11.8 Å². The van der Waals surface area contributed by atoms with Crippen molar-refractivity contribution in [2.24, 2.45) is 4.99 Å². The van der Waals surface area contributed by atoms with Crippen molar-refractivity contribution in [2.45, 2.75) is 40.5 Å². The summed E-state index contributed by atoms with van der Waals surface area (Å²) in [5.41, 5.74) is 2.55. The molecule has 1 aromatic carbocycles. The topological polar surface area (TPSA) is 24.4 Å². The first-order valence-corrected chi connectivity index (χ1v) is 11.9. The Balaban J connectivity index is 0. The third-order valence-corrected chi connectivity index (χ3v) is 4.80. The van der Waals surface area contributed by atoms with Crippen LogP contribution in [0.2, 0.25) is 0 Å². The molecule has 0 aliphatic carbocycles. The van der Waals surface area contributed by atoms with Crippen LogP contribution in [0.5, 0.6) is 0 Å². The third-order valence-electron chi connectivity index (χ3n) is 3.76. The van der Waals surface area contributed by atoms with Crippen LogP contribution in [0.15, 0.2) is 83.5 Å². The molecule has 1 N–H and O–H groups in total. The summed E-state index contributed by atoms with van der Waals surface area (Å²) in [5.74, 6) is 0.724. The van der Waals surface area contributed by atoms with Gasteiger partial charge in [-0.05, 0) is 62.5 Å². The Labute approximate surface area is 194 Å². The zero-order chi connectivity index (χ0) is 23.7. The Morgan fingerprint density at radius 3 is 2.39 bits per heavy atom. The molecule has 0 saturated heterocycles. The van der Waals surface area contributed by atoms with Gasteiger partial charge < -0.3 is 10.3 Å². The van der Waals surface area contributed by atoms with E-state index in [4.69, 9.17) is 0 Å². The Morgan fingerprint density at radius 1 is 1.13 bits per heavy atom. The number of allylic oxidation sites excluding steroid dienone is 6. The normalized spacial score (nSPS) is 11.1. The van der Waals surface area contributed by atoms with Gasteiger partial charge in [0.15, 0.2) is 0 Å². The molecule has 0 heterocycles. The molecule has 0 aliphatic rings. The summed E-state index contributed by atoms with van der Waals surface area (Å²) in [6.45, 7) is 21.2. The van der Waals surface area contributed by atoms with Crippen LogP contribution in [0, 0.1) is 6.92 Å². The van der Waals surface area contributed by atoms with E-state index in [2.05, 4.69) is 55.3 Å². The van der Waals surface area contributed by atoms with E-state index in [1.165, 1.54) is 17.2 Å². The van der Waals surface area contributed by atoms with Crippen molar-refractivity contribution < 1.29 is 4.39 Å². The SMILES string of the molecule is C=C/C=C\C(F)=C(/CCNCCCN=C)SCC.C=C/C=C\c1ccccc1C.CC. The number of aliphatic imine (C=N–C) groups is 1. The molecule has 0 spiro atoms. The fraction of sp³-hybridized carbons (Fsp3) is 0.370. The van der Waals surface area contributed by atoms with Gasteiger partial charge in [-0.2, -0.15) is 0 Å². The molecule has 1 rings (SSSR count). The molecule has 0 fully saturated rings. The summed E-state index contributed by atoms with van der Waals surface area (Å²) >= 11 is 1.55. The first kappa shape index (κ1) is 31.0. The molecular weight excluding hydrogens is 403 g/mol. The number of nitrogens with one attached hydrogen (secondary N) is 1. The summed E-state index contributed by atoms with van der Waals surface area (Å²) in [5, 5.41) is 3.27. The van der Waals surface area contributed by atoms with Crippen LogP contribution in [0.25, 0.3) is 6.08 Å². The lowest BCUT2D eigenvalue weighted by molar-refractivity contribution is 0.632. The molecule has 0 radical (unpaired) electrons. The van der Waals surface area contributed by atoms with Crippen LogP contribution in [0.3, 0.4) is 0 Å². The average Bonchev–Trinajstić information content (AvgIpc) is 2.80. The number of hydrogen-bond donors (Lipinski definition) is 1. The monoisotopic (exact) mass is 444 g/mol. The second kappa shape index (κ2) is 24.1. The predicted molar refractivity (Wildman–Crippen MR) is 144 cm³/mol. The van der Waals surface area contributed by atoms with E-state index >= 15 is 0 Å². The maximum absolute atomic E-state index is 13.7. The summed E-state index contributed by atoms with van der Waals surface area (Å²) in [6, 6.07) is 8.27. The fourth-order valence-electron chi connectivity index (χ4n) is 2.27. The predicted octanol–water partition coefficient (Wildman–Crippen LogP) is 7.95. The van der Waals surface area contributed by atoms with Crippen LogP contribution in [-0.4, -0.2) is 32.1 Å². The first-order chi connectivity index (χ1) is 15.1. The van der Waals surface area contributed by atoms with Gasteiger partial charge in [0.1, 0.15) is 5.83 Å². The van der Waals surface area contributed by atoms with Crippen molar-refractivity contribution in [3.63, 3.8) is 0 Å². The smallest absolute Gasteiger partial charge is 0.132 e. The van der Waals surface area contributed by atoms with Gasteiger partial charge in [0.25, 0.3) is 0 Å². The van der Waals surface area contributed by atoms with Crippen LogP contribution >= 0.6 is 11.8 Å². The molecule has 172 valence electrons. The lowest BCUT2D eigenvalue weighted by atomic mass is 10.1. The highest BCUT2D eigenvalue weighted by Gasteiger charge is 2.03. The van der Waals surface area contributed by atoms with Crippen LogP contribution < -0.4 is 5.32 Å². The van der Waals surface area contributed by atoms with Gasteiger partial charge >= 0.3 is 0 Å². The molecule has 4 heteroatoms. The molecule has 31 heavy (non-hydrogen) atoms. The number of halogens is 1. The molecule has 0 amide bonds. The van der Waals surface area contributed by atoms with E-state index < -0.39 is 0 Å². The van der Waals surface area contributed by atoms with Crippen molar-refractivity contribution in [1.82, 2.24) is 5.32 Å². The van der Waals surface area contributed by atoms with Gasteiger partial charge in [0.05, 0.1) is 0 Å². The van der Waals surface area contributed by atoms with E-state index in [1.807, 2.05) is 39.0 Å². The zero-order valence-electron chi connectivity index (χ0n) is 19.9. The average molecular weight is 445 g/mol. The number of hydrogen-bond acceptors (Lipinski definition) is 3. The molecule has 0 atom stereocenters. The summed E-state index contributed by atoms with van der Waals surface area (Å²) in [6.07, 6.45) is 12.1. The first-order valence-electron chi connectivity index (χ1n) is 10.9. The van der Waals surface area contributed by atoms with E-state index in [0.29, 0.717) is 6.42 Å². The second-order valence-corrected chi connectivity index (χ2v) is 7.41. The minimum atomic E-state index is -0.156. The van der Waals surface area contributed by atoms with Crippen molar-refractivity contribution >= 4 is 24.6 Å². The summed E-state index contributed by atoms with van der Waals surface area (Å²) in [4.78, 5) is 4.57. The number of aryl methyl sites for hydroxylation is 1. The largest absolute Gasteiger partial charge is 0.316 e. The van der Waals surface area contributed by atoms with Crippen molar-refractivity contribution in [1.29, 1.82) is 0 Å². The molecule has 0 bridgehead atoms.